The van der Waals surface area contributed by atoms with E-state index in [1.165, 1.54) is 30.3 Å². The van der Waals surface area contributed by atoms with Crippen molar-refractivity contribution in [1.82, 2.24) is 4.98 Å². The van der Waals surface area contributed by atoms with Crippen LogP contribution in [0.3, 0.4) is 0 Å². The number of hydrogen-bond acceptors (Lipinski definition) is 3. The molecule has 0 aliphatic carbocycles. The van der Waals surface area contributed by atoms with Crippen LogP contribution >= 0.6 is 0 Å². The number of hydrogen-bond donors (Lipinski definition) is 0. The van der Waals surface area contributed by atoms with Crippen LogP contribution in [-0.4, -0.2) is 24.7 Å². The smallest absolute Gasteiger partial charge is 0.145 e. The first kappa shape index (κ1) is 13.2. The van der Waals surface area contributed by atoms with Gasteiger partial charge in [-0.2, -0.15) is 0 Å². The Morgan fingerprint density at radius 2 is 2.15 bits per heavy atom. The lowest BCUT2D eigenvalue weighted by Crippen LogP contribution is -2.37. The van der Waals surface area contributed by atoms with Crippen LogP contribution < -0.4 is 9.64 Å². The molecule has 1 aliphatic heterocycles. The van der Waals surface area contributed by atoms with E-state index >= 15 is 0 Å². The highest BCUT2D eigenvalue weighted by atomic mass is 16.5. The molecule has 0 unspecified atom stereocenters. The lowest BCUT2D eigenvalue weighted by molar-refractivity contribution is 0.419. The Kier molecular flexibility index (Phi) is 3.51. The Balaban J connectivity index is 2.19. The van der Waals surface area contributed by atoms with Crippen molar-refractivity contribution in [3.8, 4) is 5.75 Å². The summed E-state index contributed by atoms with van der Waals surface area (Å²) < 4.78 is 5.47. The average molecular weight is 270 g/mol. The summed E-state index contributed by atoms with van der Waals surface area (Å²) in [6.45, 7) is 5.52. The van der Waals surface area contributed by atoms with Crippen molar-refractivity contribution in [1.29, 1.82) is 0 Å². The number of methoxy groups -OCH3 is 1. The highest BCUT2D eigenvalue weighted by Gasteiger charge is 2.21. The second kappa shape index (κ2) is 5.31. The molecule has 2 heterocycles. The van der Waals surface area contributed by atoms with Crippen molar-refractivity contribution in [2.45, 2.75) is 39.2 Å². The molecule has 0 spiro atoms. The zero-order valence-electron chi connectivity index (χ0n) is 12.5. The largest absolute Gasteiger partial charge is 0.494 e. The Morgan fingerprint density at radius 3 is 2.90 bits per heavy atom. The van der Waals surface area contributed by atoms with Gasteiger partial charge in [-0.1, -0.05) is 12.1 Å². The maximum absolute atomic E-state index is 5.47. The van der Waals surface area contributed by atoms with Gasteiger partial charge in [0.1, 0.15) is 11.3 Å². The summed E-state index contributed by atoms with van der Waals surface area (Å²) in [7, 11) is 1.71. The van der Waals surface area contributed by atoms with Crippen molar-refractivity contribution < 1.29 is 4.74 Å². The molecule has 20 heavy (non-hydrogen) atoms. The van der Waals surface area contributed by atoms with Gasteiger partial charge in [0.15, 0.2) is 0 Å². The summed E-state index contributed by atoms with van der Waals surface area (Å²) >= 11 is 0. The molecule has 0 bridgehead atoms. The molecule has 0 N–H and O–H groups in total. The molecule has 1 atom stereocenters. The van der Waals surface area contributed by atoms with E-state index < -0.39 is 0 Å². The van der Waals surface area contributed by atoms with Gasteiger partial charge in [0.05, 0.1) is 7.11 Å². The summed E-state index contributed by atoms with van der Waals surface area (Å²) in [4.78, 5) is 7.20. The van der Waals surface area contributed by atoms with Crippen LogP contribution in [0.1, 0.15) is 31.9 Å². The summed E-state index contributed by atoms with van der Waals surface area (Å²) in [6.07, 6.45) is 3.88. The summed E-state index contributed by atoms with van der Waals surface area (Å²) in [5.74, 6) is 0.858. The Morgan fingerprint density at radius 1 is 1.30 bits per heavy atom. The van der Waals surface area contributed by atoms with Gasteiger partial charge in [0.25, 0.3) is 0 Å². The lowest BCUT2D eigenvalue weighted by Gasteiger charge is -2.36. The van der Waals surface area contributed by atoms with Crippen LogP contribution in [0, 0.1) is 6.92 Å². The SMILES string of the molecule is COc1cccc2c(N3CCCC[C@@H]3C)cc(C)nc12. The minimum atomic E-state index is 0.597. The number of aromatic nitrogens is 1. The number of ether oxygens (including phenoxy) is 1. The van der Waals surface area contributed by atoms with Gasteiger partial charge in [-0.05, 0) is 45.2 Å². The number of benzene rings is 1. The third kappa shape index (κ3) is 2.21. The number of aryl methyl sites for hydroxylation is 1. The lowest BCUT2D eigenvalue weighted by atomic mass is 10.0. The molecule has 2 aromatic rings. The highest BCUT2D eigenvalue weighted by molar-refractivity contribution is 5.95. The van der Waals surface area contributed by atoms with Crippen molar-refractivity contribution >= 4 is 16.6 Å². The van der Waals surface area contributed by atoms with Crippen LogP contribution in [0.4, 0.5) is 5.69 Å². The number of pyridine rings is 1. The van der Waals surface area contributed by atoms with Crippen LogP contribution in [-0.2, 0) is 0 Å². The fraction of sp³-hybridized carbons (Fsp3) is 0.471. The topological polar surface area (TPSA) is 25.4 Å². The quantitative estimate of drug-likeness (QED) is 0.826. The van der Waals surface area contributed by atoms with Crippen LogP contribution in [0.2, 0.25) is 0 Å². The second-order valence-corrected chi connectivity index (χ2v) is 5.68. The second-order valence-electron chi connectivity index (χ2n) is 5.68. The molecule has 0 radical (unpaired) electrons. The third-order valence-corrected chi connectivity index (χ3v) is 4.24. The zero-order chi connectivity index (χ0) is 14.1. The minimum absolute atomic E-state index is 0.597. The maximum atomic E-state index is 5.47. The molecule has 0 amide bonds. The number of anilines is 1. The summed E-state index contributed by atoms with van der Waals surface area (Å²) in [5, 5.41) is 1.20. The Labute approximate surface area is 120 Å². The molecule has 106 valence electrons. The first-order valence-electron chi connectivity index (χ1n) is 7.41. The number of rotatable bonds is 2. The van der Waals surface area contributed by atoms with E-state index in [1.807, 2.05) is 6.07 Å². The van der Waals surface area contributed by atoms with E-state index in [9.17, 15) is 0 Å². The van der Waals surface area contributed by atoms with E-state index in [2.05, 4.69) is 41.9 Å². The van der Waals surface area contributed by atoms with Crippen molar-refractivity contribution in [2.75, 3.05) is 18.6 Å². The fourth-order valence-electron chi connectivity index (χ4n) is 3.19. The maximum Gasteiger partial charge on any atom is 0.145 e. The van der Waals surface area contributed by atoms with Crippen LogP contribution in [0.15, 0.2) is 24.3 Å². The summed E-state index contributed by atoms with van der Waals surface area (Å²) in [5.41, 5.74) is 3.33. The molecule has 1 fully saturated rings. The molecular formula is C17H22N2O. The molecule has 1 aromatic heterocycles. The minimum Gasteiger partial charge on any atom is -0.494 e. The number of fused-ring (bicyclic) bond motifs is 1. The van der Waals surface area contributed by atoms with Crippen LogP contribution in [0.5, 0.6) is 5.75 Å². The molecule has 3 heteroatoms. The average Bonchev–Trinajstić information content (AvgIpc) is 2.46. The first-order chi connectivity index (χ1) is 9.70. The Bertz CT molecular complexity index is 624. The number of para-hydroxylation sites is 1. The van der Waals surface area contributed by atoms with Gasteiger partial charge in [0.2, 0.25) is 0 Å². The van der Waals surface area contributed by atoms with E-state index in [-0.39, 0.29) is 0 Å². The molecule has 0 saturated carbocycles. The van der Waals surface area contributed by atoms with Gasteiger partial charge >= 0.3 is 0 Å². The molecule has 1 saturated heterocycles. The number of nitrogens with zero attached hydrogens (tertiary/aromatic N) is 2. The van der Waals surface area contributed by atoms with E-state index in [0.717, 1.165) is 23.5 Å². The van der Waals surface area contributed by atoms with Gasteiger partial charge in [-0.15, -0.1) is 0 Å². The normalized spacial score (nSPS) is 19.4. The first-order valence-corrected chi connectivity index (χ1v) is 7.41. The van der Waals surface area contributed by atoms with E-state index in [1.54, 1.807) is 7.11 Å². The van der Waals surface area contributed by atoms with Gasteiger partial charge in [-0.3, -0.25) is 0 Å². The zero-order valence-corrected chi connectivity index (χ0v) is 12.5. The monoisotopic (exact) mass is 270 g/mol. The summed E-state index contributed by atoms with van der Waals surface area (Å²) in [6, 6.07) is 9.00. The molecule has 1 aliphatic rings. The fourth-order valence-corrected chi connectivity index (χ4v) is 3.19. The van der Waals surface area contributed by atoms with Crippen molar-refractivity contribution in [3.63, 3.8) is 0 Å². The molecule has 1 aromatic carbocycles. The van der Waals surface area contributed by atoms with E-state index in [0.29, 0.717) is 6.04 Å². The predicted molar refractivity (Wildman–Crippen MR) is 83.7 cm³/mol. The van der Waals surface area contributed by atoms with E-state index in [4.69, 9.17) is 4.74 Å². The third-order valence-electron chi connectivity index (χ3n) is 4.24. The predicted octanol–water partition coefficient (Wildman–Crippen LogP) is 3.93. The molecule has 3 rings (SSSR count). The highest BCUT2D eigenvalue weighted by Crippen LogP contribution is 2.34. The molecular weight excluding hydrogens is 248 g/mol. The van der Waals surface area contributed by atoms with Gasteiger partial charge in [0, 0.05) is 29.4 Å². The molecule has 3 nitrogen and oxygen atoms in total. The number of piperidine rings is 1. The van der Waals surface area contributed by atoms with Crippen LogP contribution in [0.25, 0.3) is 10.9 Å². The van der Waals surface area contributed by atoms with Crippen molar-refractivity contribution in [2.24, 2.45) is 0 Å². The standard InChI is InChI=1S/C17H22N2O/c1-12-11-15(19-10-5-4-7-13(19)2)14-8-6-9-16(20-3)17(14)18-12/h6,8-9,11,13H,4-5,7,10H2,1-3H3/t13-/m0/s1. The van der Waals surface area contributed by atoms with Gasteiger partial charge < -0.3 is 9.64 Å². The van der Waals surface area contributed by atoms with Crippen molar-refractivity contribution in [3.05, 3.63) is 30.0 Å². The van der Waals surface area contributed by atoms with Gasteiger partial charge in [-0.25, -0.2) is 4.98 Å². The Hall–Kier alpha value is -1.77.